The van der Waals surface area contributed by atoms with Gasteiger partial charge in [0.2, 0.25) is 5.91 Å². The van der Waals surface area contributed by atoms with E-state index in [2.05, 4.69) is 22.6 Å². The first-order chi connectivity index (χ1) is 15.6. The fraction of sp³-hybridized carbons (Fsp3) is 0.609. The highest BCUT2D eigenvalue weighted by atomic mass is 127. The van der Waals surface area contributed by atoms with Gasteiger partial charge in [0.05, 0.1) is 26.4 Å². The van der Waals surface area contributed by atoms with E-state index in [1.54, 1.807) is 39.0 Å². The van der Waals surface area contributed by atoms with E-state index in [1.165, 1.54) is 4.90 Å². The number of esters is 1. The van der Waals surface area contributed by atoms with Crippen molar-refractivity contribution in [3.8, 4) is 5.75 Å². The number of carbonyl (C=O) groups is 3. The van der Waals surface area contributed by atoms with Crippen molar-refractivity contribution >= 4 is 40.4 Å². The maximum atomic E-state index is 12.9. The van der Waals surface area contributed by atoms with Crippen LogP contribution in [0.2, 0.25) is 0 Å². The Morgan fingerprint density at radius 1 is 1.12 bits per heavy atom. The molecule has 33 heavy (non-hydrogen) atoms. The minimum Gasteiger partial charge on any atom is -0.491 e. The average Bonchev–Trinajstić information content (AvgIpc) is 3.04. The van der Waals surface area contributed by atoms with E-state index in [1.807, 2.05) is 0 Å². The molecule has 0 fully saturated rings. The van der Waals surface area contributed by atoms with E-state index in [4.69, 9.17) is 24.7 Å². The summed E-state index contributed by atoms with van der Waals surface area (Å²) in [6.07, 6.45) is 0.0920. The molecule has 184 valence electrons. The molecule has 9 nitrogen and oxygen atoms in total. The number of alkyl halides is 1. The summed E-state index contributed by atoms with van der Waals surface area (Å²) in [4.78, 5) is 38.4. The van der Waals surface area contributed by atoms with Gasteiger partial charge in [-0.25, -0.2) is 0 Å². The van der Waals surface area contributed by atoms with E-state index in [0.29, 0.717) is 44.3 Å². The molecule has 0 saturated heterocycles. The van der Waals surface area contributed by atoms with Crippen molar-refractivity contribution < 1.29 is 33.3 Å². The third-order valence-corrected chi connectivity index (χ3v) is 5.19. The zero-order valence-electron chi connectivity index (χ0n) is 19.4. The van der Waals surface area contributed by atoms with Crippen molar-refractivity contribution in [2.24, 2.45) is 5.73 Å². The van der Waals surface area contributed by atoms with Crippen LogP contribution in [0.25, 0.3) is 0 Å². The van der Waals surface area contributed by atoms with Crippen LogP contribution in [0.1, 0.15) is 49.5 Å². The van der Waals surface area contributed by atoms with E-state index in [9.17, 15) is 14.4 Å². The van der Waals surface area contributed by atoms with Crippen molar-refractivity contribution in [3.63, 3.8) is 0 Å². The van der Waals surface area contributed by atoms with Crippen molar-refractivity contribution in [3.05, 3.63) is 29.3 Å². The number of primary amides is 1. The van der Waals surface area contributed by atoms with Gasteiger partial charge in [-0.1, -0.05) is 22.6 Å². The first-order valence-corrected chi connectivity index (χ1v) is 12.4. The Balaban J connectivity index is 1.88. The number of amides is 2. The third kappa shape index (κ3) is 9.09. The van der Waals surface area contributed by atoms with E-state index in [-0.39, 0.29) is 25.3 Å². The van der Waals surface area contributed by atoms with Crippen molar-refractivity contribution in [1.82, 2.24) is 4.90 Å². The van der Waals surface area contributed by atoms with Gasteiger partial charge in [-0.3, -0.25) is 14.4 Å². The maximum Gasteiger partial charge on any atom is 0.306 e. The highest BCUT2D eigenvalue weighted by molar-refractivity contribution is 14.1. The summed E-state index contributed by atoms with van der Waals surface area (Å²) in [5.74, 6) is -0.778. The maximum absolute atomic E-state index is 12.9. The predicted octanol–water partition coefficient (Wildman–Crippen LogP) is 2.47. The number of fused-ring (bicyclic) bond motifs is 1. The predicted molar refractivity (Wildman–Crippen MR) is 130 cm³/mol. The fourth-order valence-corrected chi connectivity index (χ4v) is 3.67. The molecule has 0 radical (unpaired) electrons. The Morgan fingerprint density at radius 2 is 1.79 bits per heavy atom. The fourth-order valence-electron chi connectivity index (χ4n) is 3.35. The van der Waals surface area contributed by atoms with Gasteiger partial charge in [-0.15, -0.1) is 0 Å². The number of ether oxygens (including phenoxy) is 4. The molecule has 10 heteroatoms. The van der Waals surface area contributed by atoms with Gasteiger partial charge in [0, 0.05) is 23.0 Å². The van der Waals surface area contributed by atoms with Crippen LogP contribution in [0.15, 0.2) is 18.2 Å². The van der Waals surface area contributed by atoms with E-state index < -0.39 is 23.5 Å². The van der Waals surface area contributed by atoms with Gasteiger partial charge in [0.1, 0.15) is 24.0 Å². The number of hydrogen-bond acceptors (Lipinski definition) is 7. The van der Waals surface area contributed by atoms with Crippen molar-refractivity contribution in [2.75, 3.05) is 37.5 Å². The highest BCUT2D eigenvalue weighted by Crippen LogP contribution is 2.29. The topological polar surface area (TPSA) is 117 Å². The number of nitrogens with two attached hydrogens (primary N) is 1. The molecule has 1 heterocycles. The quantitative estimate of drug-likeness (QED) is 0.157. The number of rotatable bonds is 14. The van der Waals surface area contributed by atoms with Crippen LogP contribution in [0.5, 0.6) is 5.75 Å². The van der Waals surface area contributed by atoms with Crippen LogP contribution in [-0.2, 0) is 30.3 Å². The lowest BCUT2D eigenvalue weighted by Crippen LogP contribution is -2.45. The molecule has 0 aliphatic carbocycles. The molecule has 0 bridgehead atoms. The SMILES string of the molecule is CC(C)(C)OC(=O)CCC(C(N)=O)N1Cc2cc(OCCOCCOCCI)ccc2C1=O. The lowest BCUT2D eigenvalue weighted by atomic mass is 10.1. The van der Waals surface area contributed by atoms with Gasteiger partial charge in [-0.2, -0.15) is 0 Å². The Bertz CT molecular complexity index is 826. The molecule has 2 amide bonds. The molecule has 2 N–H and O–H groups in total. The smallest absolute Gasteiger partial charge is 0.306 e. The van der Waals surface area contributed by atoms with Gasteiger partial charge < -0.3 is 29.6 Å². The number of carbonyl (C=O) groups excluding carboxylic acids is 3. The van der Waals surface area contributed by atoms with E-state index >= 15 is 0 Å². The summed E-state index contributed by atoms with van der Waals surface area (Å²) in [7, 11) is 0. The van der Waals surface area contributed by atoms with Crippen LogP contribution >= 0.6 is 22.6 Å². The summed E-state index contributed by atoms with van der Waals surface area (Å²) in [6, 6.07) is 4.27. The second-order valence-electron chi connectivity index (χ2n) is 8.56. The molecule has 1 unspecified atom stereocenters. The second kappa shape index (κ2) is 13.1. The third-order valence-electron chi connectivity index (χ3n) is 4.75. The molecular weight excluding hydrogens is 543 g/mol. The molecule has 1 aliphatic rings. The monoisotopic (exact) mass is 576 g/mol. The standard InChI is InChI=1S/C23H33IN2O7/c1-23(2,3)33-20(27)7-6-19(21(25)28)26-15-16-14-17(4-5-18(16)22(26)29)32-13-12-31-11-10-30-9-8-24/h4-5,14,19H,6-13,15H2,1-3H3,(H2,25,28). The molecule has 0 saturated carbocycles. The zero-order valence-corrected chi connectivity index (χ0v) is 21.6. The van der Waals surface area contributed by atoms with Crippen LogP contribution in [0.3, 0.4) is 0 Å². The van der Waals surface area contributed by atoms with Crippen LogP contribution in [0.4, 0.5) is 0 Å². The van der Waals surface area contributed by atoms with E-state index in [0.717, 1.165) is 9.99 Å². The molecule has 1 aromatic rings. The lowest BCUT2D eigenvalue weighted by molar-refractivity contribution is -0.155. The number of benzene rings is 1. The molecular formula is C23H33IN2O7. The van der Waals surface area contributed by atoms with Crippen LogP contribution in [0, 0.1) is 0 Å². The molecule has 0 aromatic heterocycles. The van der Waals surface area contributed by atoms with Gasteiger partial charge in [0.25, 0.3) is 5.91 Å². The molecule has 0 spiro atoms. The summed E-state index contributed by atoms with van der Waals surface area (Å²) < 4.78 is 22.7. The first-order valence-electron chi connectivity index (χ1n) is 10.9. The normalized spacial score (nSPS) is 14.2. The first kappa shape index (κ1) is 27.3. The summed E-state index contributed by atoms with van der Waals surface area (Å²) in [6.45, 7) is 8.08. The number of nitrogens with zero attached hydrogens (tertiary/aromatic N) is 1. The number of halogens is 1. The average molecular weight is 576 g/mol. The summed E-state index contributed by atoms with van der Waals surface area (Å²) in [5.41, 5.74) is 6.17. The second-order valence-corrected chi connectivity index (χ2v) is 9.64. The molecule has 1 aliphatic heterocycles. The van der Waals surface area contributed by atoms with Gasteiger partial charge >= 0.3 is 5.97 Å². The minimum atomic E-state index is -0.899. The van der Waals surface area contributed by atoms with Crippen molar-refractivity contribution in [2.45, 2.75) is 51.8 Å². The van der Waals surface area contributed by atoms with Crippen LogP contribution in [-0.4, -0.2) is 71.8 Å². The summed E-state index contributed by atoms with van der Waals surface area (Å²) in [5, 5.41) is 0. The minimum absolute atomic E-state index is 0.0114. The lowest BCUT2D eigenvalue weighted by Gasteiger charge is -2.25. The van der Waals surface area contributed by atoms with Crippen LogP contribution < -0.4 is 10.5 Å². The molecule has 1 aromatic carbocycles. The molecule has 1 atom stereocenters. The highest BCUT2D eigenvalue weighted by Gasteiger charge is 2.36. The molecule has 2 rings (SSSR count). The summed E-state index contributed by atoms with van der Waals surface area (Å²) >= 11 is 2.25. The zero-order chi connectivity index (χ0) is 24.4. The Kier molecular flexibility index (Phi) is 10.8. The van der Waals surface area contributed by atoms with Gasteiger partial charge in [0.15, 0.2) is 0 Å². The Morgan fingerprint density at radius 3 is 2.42 bits per heavy atom. The number of hydrogen-bond donors (Lipinski definition) is 1. The Hall–Kier alpha value is -1.92. The Labute approximate surface area is 208 Å². The van der Waals surface area contributed by atoms with Crippen molar-refractivity contribution in [1.29, 1.82) is 0 Å². The largest absolute Gasteiger partial charge is 0.491 e. The van der Waals surface area contributed by atoms with Gasteiger partial charge in [-0.05, 0) is 51.0 Å².